The molecule has 0 atom stereocenters. The minimum absolute atomic E-state index is 0.0769. The molecule has 1 heterocycles. The van der Waals surface area contributed by atoms with Gasteiger partial charge in [0.25, 0.3) is 0 Å². The summed E-state index contributed by atoms with van der Waals surface area (Å²) in [7, 11) is -3.03. The van der Waals surface area contributed by atoms with Crippen molar-refractivity contribution in [1.82, 2.24) is 0 Å². The zero-order valence-corrected chi connectivity index (χ0v) is 7.60. The molecular weight excluding hydrogens is 178 g/mol. The van der Waals surface area contributed by atoms with Gasteiger partial charge in [0.05, 0.1) is 6.26 Å². The summed E-state index contributed by atoms with van der Waals surface area (Å²) in [6, 6.07) is 1.68. The van der Waals surface area contributed by atoms with Crippen molar-refractivity contribution in [2.75, 3.05) is 6.26 Å². The summed E-state index contributed by atoms with van der Waals surface area (Å²) >= 11 is 0. The van der Waals surface area contributed by atoms with Gasteiger partial charge in [-0.1, -0.05) is 0 Å². The van der Waals surface area contributed by atoms with Crippen LogP contribution in [0.5, 0.6) is 0 Å². The summed E-state index contributed by atoms with van der Waals surface area (Å²) in [5, 5.41) is 0. The molecule has 0 saturated heterocycles. The molecule has 0 aliphatic rings. The van der Waals surface area contributed by atoms with Crippen LogP contribution < -0.4 is 5.73 Å². The van der Waals surface area contributed by atoms with Crippen LogP contribution in [-0.4, -0.2) is 14.7 Å². The van der Waals surface area contributed by atoms with Gasteiger partial charge in [0, 0.05) is 18.4 Å². The average Bonchev–Trinajstić information content (AvgIpc) is 2.31. The van der Waals surface area contributed by atoms with Crippen LogP contribution in [0.15, 0.2) is 16.7 Å². The van der Waals surface area contributed by atoms with Crippen LogP contribution in [0.4, 0.5) is 0 Å². The van der Waals surface area contributed by atoms with E-state index in [0.29, 0.717) is 12.3 Å². The second-order valence-corrected chi connectivity index (χ2v) is 4.78. The number of rotatable bonds is 3. The summed E-state index contributed by atoms with van der Waals surface area (Å²) in [5.74, 6) is 0.368. The molecule has 0 radical (unpaired) electrons. The normalized spacial score (nSPS) is 11.8. The summed E-state index contributed by atoms with van der Waals surface area (Å²) < 4.78 is 26.7. The number of sulfone groups is 1. The summed E-state index contributed by atoms with van der Waals surface area (Å²) in [4.78, 5) is 0. The monoisotopic (exact) mass is 189 g/mol. The van der Waals surface area contributed by atoms with E-state index >= 15 is 0 Å². The third-order valence-electron chi connectivity index (χ3n) is 1.45. The summed E-state index contributed by atoms with van der Waals surface area (Å²) in [6.07, 6.45) is 2.61. The van der Waals surface area contributed by atoms with Crippen molar-refractivity contribution in [3.8, 4) is 0 Å². The lowest BCUT2D eigenvalue weighted by atomic mass is 10.3. The Balaban J connectivity index is 2.89. The zero-order chi connectivity index (χ0) is 9.19. The first-order valence-electron chi connectivity index (χ1n) is 3.46. The fourth-order valence-corrected chi connectivity index (χ4v) is 1.64. The van der Waals surface area contributed by atoms with Crippen LogP contribution in [0.1, 0.15) is 11.3 Å². The molecule has 68 valence electrons. The first-order chi connectivity index (χ1) is 5.53. The Kier molecular flexibility index (Phi) is 2.54. The zero-order valence-electron chi connectivity index (χ0n) is 6.78. The van der Waals surface area contributed by atoms with Crippen LogP contribution in [0.3, 0.4) is 0 Å². The molecule has 1 aromatic rings. The minimum atomic E-state index is -3.03. The number of hydrogen-bond donors (Lipinski definition) is 1. The molecule has 4 nitrogen and oxygen atoms in total. The molecule has 0 aliphatic carbocycles. The summed E-state index contributed by atoms with van der Waals surface area (Å²) in [5.41, 5.74) is 6.11. The van der Waals surface area contributed by atoms with Crippen LogP contribution in [0, 0.1) is 0 Å². The van der Waals surface area contributed by atoms with Gasteiger partial charge in [-0.2, -0.15) is 0 Å². The van der Waals surface area contributed by atoms with Crippen LogP contribution in [0.25, 0.3) is 0 Å². The number of hydrogen-bond acceptors (Lipinski definition) is 4. The largest absolute Gasteiger partial charge is 0.468 e. The molecule has 0 aliphatic heterocycles. The maximum absolute atomic E-state index is 10.9. The van der Waals surface area contributed by atoms with Gasteiger partial charge < -0.3 is 10.2 Å². The molecule has 12 heavy (non-hydrogen) atoms. The van der Waals surface area contributed by atoms with E-state index in [4.69, 9.17) is 10.2 Å². The Morgan fingerprint density at radius 1 is 1.58 bits per heavy atom. The van der Waals surface area contributed by atoms with Gasteiger partial charge in [-0.25, -0.2) is 8.42 Å². The third kappa shape index (κ3) is 2.35. The molecule has 5 heteroatoms. The maximum atomic E-state index is 10.9. The fraction of sp³-hybridized carbons (Fsp3) is 0.429. The minimum Gasteiger partial charge on any atom is -0.468 e. The topological polar surface area (TPSA) is 73.3 Å². The fourth-order valence-electron chi connectivity index (χ4n) is 0.914. The molecule has 0 aromatic carbocycles. The lowest BCUT2D eigenvalue weighted by Gasteiger charge is -1.97. The lowest BCUT2D eigenvalue weighted by Crippen LogP contribution is -2.04. The third-order valence-corrected chi connectivity index (χ3v) is 2.24. The van der Waals surface area contributed by atoms with E-state index in [1.807, 2.05) is 0 Å². The molecule has 1 rings (SSSR count). The van der Waals surface area contributed by atoms with Gasteiger partial charge in [0.2, 0.25) is 0 Å². The van der Waals surface area contributed by atoms with Gasteiger partial charge in [-0.15, -0.1) is 0 Å². The van der Waals surface area contributed by atoms with Crippen molar-refractivity contribution in [3.05, 3.63) is 23.7 Å². The van der Waals surface area contributed by atoms with E-state index in [1.54, 1.807) is 6.07 Å². The predicted octanol–water partition coefficient (Wildman–Crippen LogP) is 0.283. The van der Waals surface area contributed by atoms with E-state index in [0.717, 1.165) is 11.8 Å². The Morgan fingerprint density at radius 3 is 2.75 bits per heavy atom. The molecule has 1 aromatic heterocycles. The van der Waals surface area contributed by atoms with Crippen molar-refractivity contribution in [2.45, 2.75) is 12.3 Å². The van der Waals surface area contributed by atoms with E-state index in [-0.39, 0.29) is 5.75 Å². The summed E-state index contributed by atoms with van der Waals surface area (Å²) in [6.45, 7) is 0.307. The molecular formula is C7H11NO3S. The SMILES string of the molecule is CS(=O)(=O)Cc1occc1CN. The van der Waals surface area contributed by atoms with Crippen molar-refractivity contribution in [2.24, 2.45) is 5.73 Å². The van der Waals surface area contributed by atoms with Gasteiger partial charge in [-0.3, -0.25) is 0 Å². The Hall–Kier alpha value is -0.810. The Bertz CT molecular complexity index is 352. The quantitative estimate of drug-likeness (QED) is 0.741. The molecule has 0 saturated carbocycles. The highest BCUT2D eigenvalue weighted by Crippen LogP contribution is 2.12. The molecule has 2 N–H and O–H groups in total. The van der Waals surface area contributed by atoms with Crippen molar-refractivity contribution >= 4 is 9.84 Å². The van der Waals surface area contributed by atoms with E-state index in [9.17, 15) is 8.42 Å². The van der Waals surface area contributed by atoms with Gasteiger partial charge in [0.1, 0.15) is 11.5 Å². The maximum Gasteiger partial charge on any atom is 0.154 e. The molecule has 0 unspecified atom stereocenters. The van der Waals surface area contributed by atoms with Gasteiger partial charge in [0.15, 0.2) is 9.84 Å². The molecule has 0 amide bonds. The van der Waals surface area contributed by atoms with Crippen molar-refractivity contribution in [1.29, 1.82) is 0 Å². The Labute approximate surface area is 71.3 Å². The lowest BCUT2D eigenvalue weighted by molar-refractivity contribution is 0.517. The predicted molar refractivity (Wildman–Crippen MR) is 45.1 cm³/mol. The molecule has 0 spiro atoms. The molecule has 0 fully saturated rings. The van der Waals surface area contributed by atoms with E-state index < -0.39 is 9.84 Å². The van der Waals surface area contributed by atoms with Crippen molar-refractivity contribution in [3.63, 3.8) is 0 Å². The van der Waals surface area contributed by atoms with Crippen LogP contribution in [-0.2, 0) is 22.1 Å². The second-order valence-electron chi connectivity index (χ2n) is 2.64. The smallest absolute Gasteiger partial charge is 0.154 e. The first kappa shape index (κ1) is 9.28. The Morgan fingerprint density at radius 2 is 2.25 bits per heavy atom. The van der Waals surface area contributed by atoms with E-state index in [2.05, 4.69) is 0 Å². The van der Waals surface area contributed by atoms with Crippen LogP contribution in [0.2, 0.25) is 0 Å². The number of furan rings is 1. The average molecular weight is 189 g/mol. The first-order valence-corrected chi connectivity index (χ1v) is 5.52. The van der Waals surface area contributed by atoms with Crippen molar-refractivity contribution < 1.29 is 12.8 Å². The standard InChI is InChI=1S/C7H11NO3S/c1-12(9,10)5-7-6(4-8)2-3-11-7/h2-3H,4-5,8H2,1H3. The van der Waals surface area contributed by atoms with Crippen LogP contribution >= 0.6 is 0 Å². The van der Waals surface area contributed by atoms with Gasteiger partial charge >= 0.3 is 0 Å². The second kappa shape index (κ2) is 3.28. The number of nitrogens with two attached hydrogens (primary N) is 1. The highest BCUT2D eigenvalue weighted by Gasteiger charge is 2.11. The van der Waals surface area contributed by atoms with E-state index in [1.165, 1.54) is 6.26 Å². The highest BCUT2D eigenvalue weighted by molar-refractivity contribution is 7.89. The van der Waals surface area contributed by atoms with Gasteiger partial charge in [-0.05, 0) is 6.07 Å². The highest BCUT2D eigenvalue weighted by atomic mass is 32.2. The molecule has 0 bridgehead atoms.